The van der Waals surface area contributed by atoms with E-state index < -0.39 is 0 Å². The first-order valence-corrected chi connectivity index (χ1v) is 12.3. The van der Waals surface area contributed by atoms with Gasteiger partial charge in [-0.25, -0.2) is 14.4 Å². The fraction of sp³-hybridized carbons (Fsp3) is 0.0968. The van der Waals surface area contributed by atoms with E-state index in [1.165, 1.54) is 17.2 Å². The summed E-state index contributed by atoms with van der Waals surface area (Å²) in [6, 6.07) is 25.6. The van der Waals surface area contributed by atoms with E-state index >= 15 is 0 Å². The lowest BCUT2D eigenvalue weighted by molar-refractivity contribution is 0.621. The second-order valence-electron chi connectivity index (χ2n) is 8.62. The fourth-order valence-electron chi connectivity index (χ4n) is 4.23. The minimum absolute atomic E-state index is 0.363. The molecule has 0 radical (unpaired) electrons. The van der Waals surface area contributed by atoms with E-state index in [1.807, 2.05) is 31.2 Å². The normalized spacial score (nSPS) is 13.7. The Hall–Kier alpha value is -3.63. The van der Waals surface area contributed by atoms with Crippen LogP contribution in [-0.4, -0.2) is 11.5 Å². The molecule has 35 heavy (non-hydrogen) atoms. The number of benzene rings is 4. The van der Waals surface area contributed by atoms with E-state index in [2.05, 4.69) is 77.1 Å². The fourth-order valence-corrected chi connectivity index (χ4v) is 4.47. The molecule has 4 heteroatoms. The maximum absolute atomic E-state index is 14.4. The van der Waals surface area contributed by atoms with Gasteiger partial charge in [-0.3, -0.25) is 0 Å². The van der Waals surface area contributed by atoms with Crippen molar-refractivity contribution in [2.75, 3.05) is 0 Å². The van der Waals surface area contributed by atoms with Crippen LogP contribution < -0.4 is 0 Å². The largest absolute Gasteiger partial charge is 0.233 e. The summed E-state index contributed by atoms with van der Waals surface area (Å²) in [7, 11) is 0. The number of hydrogen-bond donors (Lipinski definition) is 0. The van der Waals surface area contributed by atoms with Gasteiger partial charge < -0.3 is 0 Å². The zero-order chi connectivity index (χ0) is 24.4. The van der Waals surface area contributed by atoms with Crippen molar-refractivity contribution in [2.24, 2.45) is 9.98 Å². The number of halogens is 2. The minimum Gasteiger partial charge on any atom is -0.233 e. The van der Waals surface area contributed by atoms with E-state index in [9.17, 15) is 4.39 Å². The van der Waals surface area contributed by atoms with Crippen LogP contribution in [0.4, 0.5) is 4.39 Å². The molecule has 2 nitrogen and oxygen atoms in total. The molecule has 172 valence electrons. The van der Waals surface area contributed by atoms with Gasteiger partial charge in [0.15, 0.2) is 5.84 Å². The second kappa shape index (κ2) is 9.93. The first kappa shape index (κ1) is 23.1. The molecule has 0 saturated carbocycles. The third kappa shape index (κ3) is 5.08. The van der Waals surface area contributed by atoms with Gasteiger partial charge in [0.1, 0.15) is 5.82 Å². The lowest BCUT2D eigenvalue weighted by Crippen LogP contribution is -2.06. The molecule has 1 aliphatic carbocycles. The Bertz CT molecular complexity index is 1550. The zero-order valence-corrected chi connectivity index (χ0v) is 21.0. The van der Waals surface area contributed by atoms with Gasteiger partial charge in [-0.15, -0.1) is 0 Å². The highest BCUT2D eigenvalue weighted by molar-refractivity contribution is 9.10. The van der Waals surface area contributed by atoms with Gasteiger partial charge in [0.05, 0.1) is 10.2 Å². The lowest BCUT2D eigenvalue weighted by atomic mass is 9.94. The van der Waals surface area contributed by atoms with Crippen molar-refractivity contribution >= 4 is 50.0 Å². The molecular formula is C31H24BrFN2. The van der Waals surface area contributed by atoms with Crippen LogP contribution in [-0.2, 0) is 6.42 Å². The number of aliphatic imine (C=N–C) groups is 2. The van der Waals surface area contributed by atoms with Crippen molar-refractivity contribution in [3.05, 3.63) is 130 Å². The first-order valence-electron chi connectivity index (χ1n) is 11.6. The van der Waals surface area contributed by atoms with Gasteiger partial charge in [0.25, 0.3) is 0 Å². The van der Waals surface area contributed by atoms with Crippen LogP contribution in [0.15, 0.2) is 106 Å². The third-order valence-electron chi connectivity index (χ3n) is 6.22. The van der Waals surface area contributed by atoms with Crippen LogP contribution in [0.25, 0.3) is 22.5 Å². The zero-order valence-electron chi connectivity index (χ0n) is 19.4. The molecule has 0 atom stereocenters. The first-order chi connectivity index (χ1) is 17.0. The molecule has 0 heterocycles. The number of rotatable bonds is 4. The summed E-state index contributed by atoms with van der Waals surface area (Å²) in [5, 5.41) is 2.26. The summed E-state index contributed by atoms with van der Waals surface area (Å²) in [5.41, 5.74) is 6.43. The van der Waals surface area contributed by atoms with E-state index in [0.717, 1.165) is 40.5 Å². The quantitative estimate of drug-likeness (QED) is 0.189. The molecule has 1 aliphatic rings. The van der Waals surface area contributed by atoms with Gasteiger partial charge in [-0.1, -0.05) is 67.3 Å². The Morgan fingerprint density at radius 2 is 1.63 bits per heavy atom. The second-order valence-corrected chi connectivity index (χ2v) is 9.48. The SMILES string of the molecule is C=C(/N=C(\N=C(/C)c1ccc2c(c1)C=CCC2)c1ccc(Br)c(F)c1)c1ccc2ccccc2c1. The molecule has 5 rings (SSSR count). The van der Waals surface area contributed by atoms with E-state index in [0.29, 0.717) is 21.6 Å². The van der Waals surface area contributed by atoms with Gasteiger partial charge in [-0.2, -0.15) is 0 Å². The number of fused-ring (bicyclic) bond motifs is 2. The third-order valence-corrected chi connectivity index (χ3v) is 6.86. The van der Waals surface area contributed by atoms with Gasteiger partial charge in [0, 0.05) is 16.8 Å². The Balaban J connectivity index is 1.57. The Morgan fingerprint density at radius 1 is 0.857 bits per heavy atom. The van der Waals surface area contributed by atoms with Crippen molar-refractivity contribution in [1.29, 1.82) is 0 Å². The Morgan fingerprint density at radius 3 is 2.46 bits per heavy atom. The van der Waals surface area contributed by atoms with Crippen molar-refractivity contribution in [2.45, 2.75) is 19.8 Å². The average Bonchev–Trinajstić information content (AvgIpc) is 2.89. The van der Waals surface area contributed by atoms with E-state index in [-0.39, 0.29) is 5.82 Å². The molecule has 4 aromatic rings. The number of nitrogens with zero attached hydrogens (tertiary/aromatic N) is 2. The van der Waals surface area contributed by atoms with Crippen LogP contribution in [0.2, 0.25) is 0 Å². The summed E-state index contributed by atoms with van der Waals surface area (Å²) in [6.45, 7) is 6.16. The molecule has 0 aliphatic heterocycles. The smallest absolute Gasteiger partial charge is 0.160 e. The van der Waals surface area contributed by atoms with Crippen molar-refractivity contribution in [3.8, 4) is 0 Å². The summed E-state index contributed by atoms with van der Waals surface area (Å²) in [4.78, 5) is 9.65. The van der Waals surface area contributed by atoms with Gasteiger partial charge in [0.2, 0.25) is 0 Å². The molecule has 0 bridgehead atoms. The topological polar surface area (TPSA) is 24.7 Å². The van der Waals surface area contributed by atoms with E-state index in [4.69, 9.17) is 9.98 Å². The summed E-state index contributed by atoms with van der Waals surface area (Å²) < 4.78 is 14.8. The minimum atomic E-state index is -0.363. The molecule has 0 aromatic heterocycles. The van der Waals surface area contributed by atoms with Crippen LogP contribution in [0.3, 0.4) is 0 Å². The highest BCUT2D eigenvalue weighted by Gasteiger charge is 2.12. The molecule has 0 fully saturated rings. The van der Waals surface area contributed by atoms with Crippen molar-refractivity contribution < 1.29 is 4.39 Å². The van der Waals surface area contributed by atoms with Crippen molar-refractivity contribution in [3.63, 3.8) is 0 Å². The van der Waals surface area contributed by atoms with Gasteiger partial charge >= 0.3 is 0 Å². The number of amidine groups is 1. The monoisotopic (exact) mass is 522 g/mol. The average molecular weight is 523 g/mol. The molecule has 0 amide bonds. The van der Waals surface area contributed by atoms with Crippen molar-refractivity contribution in [1.82, 2.24) is 0 Å². The predicted octanol–water partition coefficient (Wildman–Crippen LogP) is 8.63. The van der Waals surface area contributed by atoms with Gasteiger partial charge in [-0.05, 0) is 93.5 Å². The summed E-state index contributed by atoms with van der Waals surface area (Å²) in [6.07, 6.45) is 6.49. The summed E-state index contributed by atoms with van der Waals surface area (Å²) in [5.74, 6) is 0.0543. The maximum atomic E-state index is 14.4. The van der Waals surface area contributed by atoms with Crippen LogP contribution in [0, 0.1) is 5.82 Å². The molecular weight excluding hydrogens is 499 g/mol. The predicted molar refractivity (Wildman–Crippen MR) is 150 cm³/mol. The standard InChI is InChI=1S/C31H24BrFN2/c1-20(24-13-11-22-7-3-5-9-26(22)17-24)34-31(28-15-16-29(32)30(33)19-28)35-21(2)25-14-12-23-8-4-6-10-27(23)18-25/h3,5-7,9-19H,1,4,8H2,2H3/b34-31-,35-21+. The number of allylic oxidation sites excluding steroid dienone is 1. The Kier molecular flexibility index (Phi) is 6.56. The van der Waals surface area contributed by atoms with Crippen LogP contribution >= 0.6 is 15.9 Å². The number of hydrogen-bond acceptors (Lipinski definition) is 1. The molecule has 0 unspecified atom stereocenters. The highest BCUT2D eigenvalue weighted by Crippen LogP contribution is 2.25. The Labute approximate surface area is 213 Å². The van der Waals surface area contributed by atoms with Crippen LogP contribution in [0.5, 0.6) is 0 Å². The highest BCUT2D eigenvalue weighted by atomic mass is 79.9. The molecule has 0 saturated heterocycles. The van der Waals surface area contributed by atoms with Crippen LogP contribution in [0.1, 0.15) is 41.2 Å². The molecule has 4 aromatic carbocycles. The number of aryl methyl sites for hydroxylation is 1. The molecule has 0 spiro atoms. The van der Waals surface area contributed by atoms with E-state index in [1.54, 1.807) is 6.07 Å². The lowest BCUT2D eigenvalue weighted by Gasteiger charge is -2.12. The summed E-state index contributed by atoms with van der Waals surface area (Å²) >= 11 is 3.24. The molecule has 0 N–H and O–H groups in total. The maximum Gasteiger partial charge on any atom is 0.160 e.